The van der Waals surface area contributed by atoms with E-state index in [-0.39, 0.29) is 5.91 Å². The number of hydrogen-bond donors (Lipinski definition) is 1. The van der Waals surface area contributed by atoms with Crippen molar-refractivity contribution in [3.8, 4) is 11.5 Å². The number of esters is 1. The Morgan fingerprint density at radius 3 is 2.34 bits per heavy atom. The molecule has 0 saturated heterocycles. The maximum atomic E-state index is 12.2. The molecular weight excluding hydrogens is 472 g/mol. The van der Waals surface area contributed by atoms with E-state index in [1.165, 1.54) is 12.3 Å². The molecule has 0 unspecified atom stereocenters. The standard InChI is InChI=1S/C25H21BrN2O4/c1-18(31-23-10-6-5-9-22(23)26)25(30)28-27-17-20-11-14-21(15-12-20)32-24(29)16-13-19-7-3-2-4-8-19/h2-18H,1H3,(H,28,30)/b16-13+,27-17-/t18-/m0/s1. The van der Waals surface area contributed by atoms with Gasteiger partial charge < -0.3 is 9.47 Å². The van der Waals surface area contributed by atoms with Gasteiger partial charge in [-0.05, 0) is 76.5 Å². The molecule has 3 rings (SSSR count). The van der Waals surface area contributed by atoms with Gasteiger partial charge in [-0.15, -0.1) is 0 Å². The summed E-state index contributed by atoms with van der Waals surface area (Å²) in [5.74, 6) is 0.126. The van der Waals surface area contributed by atoms with Crippen LogP contribution in [-0.2, 0) is 9.59 Å². The van der Waals surface area contributed by atoms with Crippen LogP contribution < -0.4 is 14.9 Å². The lowest BCUT2D eigenvalue weighted by Gasteiger charge is -2.13. The number of rotatable bonds is 8. The van der Waals surface area contributed by atoms with E-state index in [0.717, 1.165) is 15.6 Å². The van der Waals surface area contributed by atoms with Gasteiger partial charge in [-0.2, -0.15) is 5.10 Å². The van der Waals surface area contributed by atoms with E-state index in [2.05, 4.69) is 26.5 Å². The van der Waals surface area contributed by atoms with Gasteiger partial charge >= 0.3 is 5.97 Å². The second kappa shape index (κ2) is 11.6. The van der Waals surface area contributed by atoms with Crippen molar-refractivity contribution in [3.05, 3.63) is 101 Å². The molecule has 7 heteroatoms. The Hall–Kier alpha value is -3.71. The highest BCUT2D eigenvalue weighted by molar-refractivity contribution is 9.10. The SMILES string of the molecule is C[C@H](Oc1ccccc1Br)C(=O)N/N=C\c1ccc(OC(=O)/C=C/c2ccccc2)cc1. The molecule has 0 bridgehead atoms. The van der Waals surface area contributed by atoms with Crippen molar-refractivity contribution in [2.45, 2.75) is 13.0 Å². The summed E-state index contributed by atoms with van der Waals surface area (Å²) in [6, 6.07) is 23.5. The van der Waals surface area contributed by atoms with Gasteiger partial charge in [0.1, 0.15) is 11.5 Å². The van der Waals surface area contributed by atoms with Gasteiger partial charge in [0.15, 0.2) is 6.10 Å². The van der Waals surface area contributed by atoms with Crippen LogP contribution >= 0.6 is 15.9 Å². The number of carbonyl (C=O) groups is 2. The fourth-order valence-electron chi connectivity index (χ4n) is 2.55. The molecule has 6 nitrogen and oxygen atoms in total. The number of carbonyl (C=O) groups excluding carboxylic acids is 2. The molecule has 0 aliphatic rings. The third-order valence-corrected chi connectivity index (χ3v) is 4.86. The molecule has 0 aromatic heterocycles. The number of hydrazone groups is 1. The van der Waals surface area contributed by atoms with Crippen LogP contribution in [0.1, 0.15) is 18.1 Å². The number of nitrogens with zero attached hydrogens (tertiary/aromatic N) is 1. The van der Waals surface area contributed by atoms with Gasteiger partial charge in [-0.1, -0.05) is 42.5 Å². The van der Waals surface area contributed by atoms with Crippen molar-refractivity contribution in [2.24, 2.45) is 5.10 Å². The van der Waals surface area contributed by atoms with E-state index in [9.17, 15) is 9.59 Å². The summed E-state index contributed by atoms with van der Waals surface area (Å²) < 4.78 is 11.7. The topological polar surface area (TPSA) is 77.0 Å². The van der Waals surface area contributed by atoms with Crippen LogP contribution in [0.15, 0.2) is 94.5 Å². The summed E-state index contributed by atoms with van der Waals surface area (Å²) >= 11 is 3.38. The lowest BCUT2D eigenvalue weighted by Crippen LogP contribution is -2.33. The van der Waals surface area contributed by atoms with Crippen LogP contribution in [0.25, 0.3) is 6.08 Å². The van der Waals surface area contributed by atoms with E-state index >= 15 is 0 Å². The fourth-order valence-corrected chi connectivity index (χ4v) is 2.92. The molecule has 162 valence electrons. The first-order valence-electron chi connectivity index (χ1n) is 9.80. The zero-order chi connectivity index (χ0) is 22.8. The molecule has 0 aliphatic carbocycles. The van der Waals surface area contributed by atoms with Crippen LogP contribution in [0.4, 0.5) is 0 Å². The Labute approximate surface area is 194 Å². The van der Waals surface area contributed by atoms with E-state index in [0.29, 0.717) is 11.5 Å². The predicted octanol–water partition coefficient (Wildman–Crippen LogP) is 4.99. The Balaban J connectivity index is 1.47. The molecular formula is C25H21BrN2O4. The summed E-state index contributed by atoms with van der Waals surface area (Å²) in [6.45, 7) is 1.64. The lowest BCUT2D eigenvalue weighted by atomic mass is 10.2. The average molecular weight is 493 g/mol. The van der Waals surface area contributed by atoms with E-state index in [4.69, 9.17) is 9.47 Å². The molecule has 0 saturated carbocycles. The Morgan fingerprint density at radius 2 is 1.62 bits per heavy atom. The number of para-hydroxylation sites is 1. The number of ether oxygens (including phenoxy) is 2. The highest BCUT2D eigenvalue weighted by Gasteiger charge is 2.15. The molecule has 0 fully saturated rings. The van der Waals surface area contributed by atoms with Gasteiger partial charge in [-0.3, -0.25) is 4.79 Å². The quantitative estimate of drug-likeness (QED) is 0.158. The van der Waals surface area contributed by atoms with Gasteiger partial charge in [0, 0.05) is 6.08 Å². The van der Waals surface area contributed by atoms with Crippen molar-refractivity contribution in [1.29, 1.82) is 0 Å². The largest absolute Gasteiger partial charge is 0.480 e. The van der Waals surface area contributed by atoms with Crippen molar-refractivity contribution >= 4 is 40.1 Å². The number of amides is 1. The third kappa shape index (κ3) is 7.21. The average Bonchev–Trinajstić information content (AvgIpc) is 2.81. The van der Waals surface area contributed by atoms with E-state index in [1.54, 1.807) is 43.3 Å². The molecule has 0 spiro atoms. The van der Waals surface area contributed by atoms with Crippen LogP contribution in [0.3, 0.4) is 0 Å². The highest BCUT2D eigenvalue weighted by Crippen LogP contribution is 2.24. The second-order valence-electron chi connectivity index (χ2n) is 6.66. The summed E-state index contributed by atoms with van der Waals surface area (Å²) in [5, 5.41) is 3.95. The van der Waals surface area contributed by atoms with Crippen LogP contribution in [0.2, 0.25) is 0 Å². The first-order chi connectivity index (χ1) is 15.5. The van der Waals surface area contributed by atoms with E-state index in [1.807, 2.05) is 48.5 Å². The smallest absolute Gasteiger partial charge is 0.336 e. The molecule has 1 N–H and O–H groups in total. The van der Waals surface area contributed by atoms with Crippen molar-refractivity contribution in [2.75, 3.05) is 0 Å². The zero-order valence-corrected chi connectivity index (χ0v) is 18.9. The van der Waals surface area contributed by atoms with E-state index < -0.39 is 12.1 Å². The first-order valence-corrected chi connectivity index (χ1v) is 10.6. The van der Waals surface area contributed by atoms with Crippen molar-refractivity contribution in [3.63, 3.8) is 0 Å². The lowest BCUT2D eigenvalue weighted by molar-refractivity contribution is -0.129. The number of hydrogen-bond acceptors (Lipinski definition) is 5. The summed E-state index contributed by atoms with van der Waals surface area (Å²) in [4.78, 5) is 24.1. The van der Waals surface area contributed by atoms with Crippen molar-refractivity contribution < 1.29 is 19.1 Å². The monoisotopic (exact) mass is 492 g/mol. The zero-order valence-electron chi connectivity index (χ0n) is 17.3. The minimum atomic E-state index is -0.725. The van der Waals surface area contributed by atoms with Crippen LogP contribution in [-0.4, -0.2) is 24.2 Å². The molecule has 0 radical (unpaired) electrons. The Bertz CT molecular complexity index is 1110. The molecule has 3 aromatic rings. The normalized spacial score (nSPS) is 11.9. The molecule has 1 atom stereocenters. The van der Waals surface area contributed by atoms with Gasteiger partial charge in [-0.25, -0.2) is 10.2 Å². The third-order valence-electron chi connectivity index (χ3n) is 4.21. The highest BCUT2D eigenvalue weighted by atomic mass is 79.9. The molecule has 3 aromatic carbocycles. The maximum Gasteiger partial charge on any atom is 0.336 e. The predicted molar refractivity (Wildman–Crippen MR) is 128 cm³/mol. The Kier molecular flexibility index (Phi) is 8.34. The minimum absolute atomic E-state index is 0.382. The van der Waals surface area contributed by atoms with Gasteiger partial charge in [0.25, 0.3) is 5.91 Å². The van der Waals surface area contributed by atoms with Crippen LogP contribution in [0, 0.1) is 0 Å². The van der Waals surface area contributed by atoms with Gasteiger partial charge in [0.05, 0.1) is 10.7 Å². The maximum absolute atomic E-state index is 12.2. The second-order valence-corrected chi connectivity index (χ2v) is 7.51. The van der Waals surface area contributed by atoms with Crippen molar-refractivity contribution in [1.82, 2.24) is 5.43 Å². The molecule has 1 amide bonds. The minimum Gasteiger partial charge on any atom is -0.480 e. The van der Waals surface area contributed by atoms with Crippen LogP contribution in [0.5, 0.6) is 11.5 Å². The first kappa shape index (κ1) is 23.0. The summed E-state index contributed by atoms with van der Waals surface area (Å²) in [7, 11) is 0. The Morgan fingerprint density at radius 1 is 0.938 bits per heavy atom. The number of benzene rings is 3. The summed E-state index contributed by atoms with van der Waals surface area (Å²) in [6.07, 6.45) is 3.82. The van der Waals surface area contributed by atoms with Gasteiger partial charge in [0.2, 0.25) is 0 Å². The molecule has 32 heavy (non-hydrogen) atoms. The molecule has 0 aliphatic heterocycles. The number of halogens is 1. The number of nitrogens with one attached hydrogen (secondary N) is 1. The summed E-state index contributed by atoms with van der Waals surface area (Å²) in [5.41, 5.74) is 4.08. The molecule has 0 heterocycles. The fraction of sp³-hybridized carbons (Fsp3) is 0.0800.